The van der Waals surface area contributed by atoms with Crippen molar-refractivity contribution in [3.05, 3.63) is 0 Å². The van der Waals surface area contributed by atoms with Crippen LogP contribution in [0.4, 0.5) is 0 Å². The van der Waals surface area contributed by atoms with Crippen molar-refractivity contribution in [2.45, 2.75) is 0 Å². The monoisotopic (exact) mass is 256 g/mol. The molecular formula is C6H15AgNO3. The van der Waals surface area contributed by atoms with Crippen LogP contribution in [0.3, 0.4) is 0 Å². The second-order valence-corrected chi connectivity index (χ2v) is 2.01. The zero-order valence-electron chi connectivity index (χ0n) is 6.33. The van der Waals surface area contributed by atoms with Gasteiger partial charge in [0.15, 0.2) is 0 Å². The minimum Gasteiger partial charge on any atom is -0.395 e. The van der Waals surface area contributed by atoms with Crippen LogP contribution in [0.25, 0.3) is 0 Å². The quantitative estimate of drug-likeness (QED) is 0.494. The van der Waals surface area contributed by atoms with Crippen molar-refractivity contribution in [2.24, 2.45) is 0 Å². The van der Waals surface area contributed by atoms with Gasteiger partial charge in [-0.1, -0.05) is 0 Å². The van der Waals surface area contributed by atoms with Gasteiger partial charge in [0.25, 0.3) is 0 Å². The van der Waals surface area contributed by atoms with E-state index in [9.17, 15) is 0 Å². The fraction of sp³-hybridized carbons (Fsp3) is 1.00. The number of nitrogens with zero attached hydrogens (tertiary/aromatic N) is 1. The van der Waals surface area contributed by atoms with Crippen LogP contribution in [0.5, 0.6) is 0 Å². The van der Waals surface area contributed by atoms with Gasteiger partial charge < -0.3 is 15.3 Å². The Morgan fingerprint density at radius 2 is 1.00 bits per heavy atom. The first-order chi connectivity index (χ1) is 4.85. The summed E-state index contributed by atoms with van der Waals surface area (Å²) >= 11 is 0. The Labute approximate surface area is 82.3 Å². The molecule has 1 radical (unpaired) electrons. The maximum Gasteiger partial charge on any atom is 0.0558 e. The molecule has 0 aromatic rings. The molecule has 0 fully saturated rings. The van der Waals surface area contributed by atoms with E-state index in [1.807, 2.05) is 0 Å². The van der Waals surface area contributed by atoms with Crippen LogP contribution in [0, 0.1) is 0 Å². The van der Waals surface area contributed by atoms with Gasteiger partial charge in [-0.2, -0.15) is 0 Å². The molecule has 0 heterocycles. The fourth-order valence-electron chi connectivity index (χ4n) is 0.760. The van der Waals surface area contributed by atoms with E-state index in [4.69, 9.17) is 15.3 Å². The minimum absolute atomic E-state index is 0. The summed E-state index contributed by atoms with van der Waals surface area (Å²) in [6.45, 7) is 1.75. The van der Waals surface area contributed by atoms with E-state index in [-0.39, 0.29) is 42.2 Å². The van der Waals surface area contributed by atoms with E-state index >= 15 is 0 Å². The first-order valence-electron chi connectivity index (χ1n) is 3.40. The summed E-state index contributed by atoms with van der Waals surface area (Å²) in [5.41, 5.74) is 0. The van der Waals surface area contributed by atoms with Crippen LogP contribution in [-0.4, -0.2) is 59.7 Å². The molecule has 3 N–H and O–H groups in total. The van der Waals surface area contributed by atoms with Crippen molar-refractivity contribution >= 4 is 0 Å². The van der Waals surface area contributed by atoms with Crippen molar-refractivity contribution in [3.8, 4) is 0 Å². The molecule has 11 heavy (non-hydrogen) atoms. The minimum atomic E-state index is 0. The van der Waals surface area contributed by atoms with E-state index in [1.165, 1.54) is 0 Å². The smallest absolute Gasteiger partial charge is 0.0558 e. The Morgan fingerprint density at radius 1 is 0.727 bits per heavy atom. The van der Waals surface area contributed by atoms with E-state index in [1.54, 1.807) is 4.90 Å². The van der Waals surface area contributed by atoms with Gasteiger partial charge in [-0.05, 0) is 0 Å². The van der Waals surface area contributed by atoms with Crippen molar-refractivity contribution in [3.63, 3.8) is 0 Å². The van der Waals surface area contributed by atoms with Crippen molar-refractivity contribution in [1.82, 2.24) is 4.90 Å². The molecule has 0 saturated heterocycles. The molecule has 0 amide bonds. The Morgan fingerprint density at radius 3 is 1.18 bits per heavy atom. The van der Waals surface area contributed by atoms with E-state index in [0.717, 1.165) is 0 Å². The number of aliphatic hydroxyl groups is 3. The van der Waals surface area contributed by atoms with Gasteiger partial charge in [0, 0.05) is 42.0 Å². The molecule has 5 heteroatoms. The second kappa shape index (κ2) is 10.6. The molecule has 0 spiro atoms. The molecule has 4 nitrogen and oxygen atoms in total. The molecule has 0 unspecified atom stereocenters. The Balaban J connectivity index is 0. The van der Waals surface area contributed by atoms with Gasteiger partial charge in [-0.25, -0.2) is 0 Å². The van der Waals surface area contributed by atoms with E-state index in [2.05, 4.69) is 0 Å². The van der Waals surface area contributed by atoms with Crippen LogP contribution < -0.4 is 0 Å². The number of hydrogen-bond acceptors (Lipinski definition) is 4. The van der Waals surface area contributed by atoms with Crippen molar-refractivity contribution < 1.29 is 37.7 Å². The summed E-state index contributed by atoms with van der Waals surface area (Å²) in [7, 11) is 0. The zero-order chi connectivity index (χ0) is 7.82. The normalized spacial score (nSPS) is 9.82. The molecule has 0 aromatic heterocycles. The summed E-state index contributed by atoms with van der Waals surface area (Å²) in [4.78, 5) is 1.79. The molecular weight excluding hydrogens is 242 g/mol. The van der Waals surface area contributed by atoms with E-state index < -0.39 is 0 Å². The first kappa shape index (κ1) is 14.1. The molecule has 0 aliphatic rings. The average Bonchev–Trinajstić information content (AvgIpc) is 1.90. The van der Waals surface area contributed by atoms with Crippen molar-refractivity contribution in [2.75, 3.05) is 39.5 Å². The average molecular weight is 257 g/mol. The summed E-state index contributed by atoms with van der Waals surface area (Å²) in [6.07, 6.45) is 0. The van der Waals surface area contributed by atoms with Gasteiger partial charge in [0.2, 0.25) is 0 Å². The summed E-state index contributed by atoms with van der Waals surface area (Å²) in [5, 5.41) is 25.5. The summed E-state index contributed by atoms with van der Waals surface area (Å²) in [5.74, 6) is 0. The predicted molar refractivity (Wildman–Crippen MR) is 37.7 cm³/mol. The summed E-state index contributed by atoms with van der Waals surface area (Å²) in [6, 6.07) is 0. The van der Waals surface area contributed by atoms with Crippen LogP contribution >= 0.6 is 0 Å². The molecule has 0 aliphatic carbocycles. The number of hydrogen-bond donors (Lipinski definition) is 3. The van der Waals surface area contributed by atoms with Crippen LogP contribution in [0.1, 0.15) is 0 Å². The number of aliphatic hydroxyl groups excluding tert-OH is 3. The maximum atomic E-state index is 8.48. The third kappa shape index (κ3) is 8.49. The largest absolute Gasteiger partial charge is 0.395 e. The molecule has 0 aromatic carbocycles. The molecule has 0 atom stereocenters. The van der Waals surface area contributed by atoms with Gasteiger partial charge in [0.05, 0.1) is 19.8 Å². The molecule has 0 rings (SSSR count). The zero-order valence-corrected chi connectivity index (χ0v) is 7.82. The van der Waals surface area contributed by atoms with Crippen LogP contribution in [0.2, 0.25) is 0 Å². The van der Waals surface area contributed by atoms with Gasteiger partial charge in [0.1, 0.15) is 0 Å². The van der Waals surface area contributed by atoms with Gasteiger partial charge in [-0.3, -0.25) is 4.90 Å². The number of rotatable bonds is 6. The first-order valence-corrected chi connectivity index (χ1v) is 3.40. The fourth-order valence-corrected chi connectivity index (χ4v) is 0.760. The van der Waals surface area contributed by atoms with Crippen LogP contribution in [0.15, 0.2) is 0 Å². The maximum absolute atomic E-state index is 8.48. The van der Waals surface area contributed by atoms with E-state index in [0.29, 0.717) is 19.6 Å². The molecule has 0 bridgehead atoms. The third-order valence-electron chi connectivity index (χ3n) is 1.25. The van der Waals surface area contributed by atoms with Crippen LogP contribution in [-0.2, 0) is 22.4 Å². The molecule has 0 aliphatic heterocycles. The topological polar surface area (TPSA) is 63.9 Å². The molecule has 73 valence electrons. The SMILES string of the molecule is OCCN(CCO)CCO.[Ag]. The van der Waals surface area contributed by atoms with Gasteiger partial charge in [-0.15, -0.1) is 0 Å². The Bertz CT molecular complexity index is 60.6. The van der Waals surface area contributed by atoms with Crippen molar-refractivity contribution in [1.29, 1.82) is 0 Å². The van der Waals surface area contributed by atoms with Gasteiger partial charge >= 0.3 is 0 Å². The second-order valence-electron chi connectivity index (χ2n) is 2.01. The summed E-state index contributed by atoms with van der Waals surface area (Å²) < 4.78 is 0. The third-order valence-corrected chi connectivity index (χ3v) is 1.25. The predicted octanol–water partition coefficient (Wildman–Crippen LogP) is -1.74. The standard InChI is InChI=1S/C6H15NO3.Ag/c8-4-1-7(2-5-9)3-6-10;/h8-10H,1-6H2;. The Hall–Kier alpha value is 0.580. The molecule has 0 saturated carbocycles. The Kier molecular flexibility index (Phi) is 13.6.